The first kappa shape index (κ1) is 19.7. The Bertz CT molecular complexity index is 667. The number of likely N-dealkylation sites (tertiary alicyclic amines) is 1. The fourth-order valence-corrected chi connectivity index (χ4v) is 3.81. The van der Waals surface area contributed by atoms with E-state index in [-0.39, 0.29) is 11.9 Å². The van der Waals surface area contributed by atoms with E-state index in [1.165, 1.54) is 11.1 Å². The monoisotopic (exact) mass is 372 g/mol. The number of carbonyl (C=O) groups is 1. The van der Waals surface area contributed by atoms with Crippen molar-refractivity contribution in [2.45, 2.75) is 52.6 Å². The third kappa shape index (κ3) is 5.73. The Morgan fingerprint density at radius 3 is 2.59 bits per heavy atom. The highest BCUT2D eigenvalue weighted by molar-refractivity contribution is 5.92. The van der Waals surface area contributed by atoms with Gasteiger partial charge in [-0.2, -0.15) is 0 Å². The maximum atomic E-state index is 12.5. The van der Waals surface area contributed by atoms with Crippen molar-refractivity contribution in [1.82, 2.24) is 10.2 Å². The highest BCUT2D eigenvalue weighted by atomic mass is 16.6. The second-order valence-electron chi connectivity index (χ2n) is 8.04. The van der Waals surface area contributed by atoms with Crippen molar-refractivity contribution in [2.75, 3.05) is 26.3 Å². The van der Waals surface area contributed by atoms with Gasteiger partial charge in [0, 0.05) is 19.1 Å². The van der Waals surface area contributed by atoms with Crippen LogP contribution in [-0.4, -0.2) is 43.2 Å². The Balaban J connectivity index is 1.52. The number of nitrogens with zero attached hydrogens (tertiary/aromatic N) is 1. The molecule has 0 bridgehead atoms. The molecule has 2 heterocycles. The highest BCUT2D eigenvalue weighted by Gasteiger charge is 2.26. The third-order valence-electron chi connectivity index (χ3n) is 5.09. The van der Waals surface area contributed by atoms with Crippen LogP contribution in [0.3, 0.4) is 0 Å². The van der Waals surface area contributed by atoms with Crippen LogP contribution < -0.4 is 5.32 Å². The number of carbonyl (C=O) groups excluding carboxylic acids is 1. The Labute approximate surface area is 162 Å². The van der Waals surface area contributed by atoms with Crippen LogP contribution >= 0.6 is 0 Å². The van der Waals surface area contributed by atoms with Gasteiger partial charge in [-0.25, -0.2) is 0 Å². The number of ether oxygens (including phenoxy) is 2. The largest absolute Gasteiger partial charge is 0.491 e. The van der Waals surface area contributed by atoms with Gasteiger partial charge in [0.15, 0.2) is 0 Å². The molecule has 27 heavy (non-hydrogen) atoms. The van der Waals surface area contributed by atoms with E-state index < -0.39 is 0 Å². The summed E-state index contributed by atoms with van der Waals surface area (Å²) in [5, 5.41) is 3.12. The number of allylic oxidation sites excluding steroid dienone is 1. The predicted molar refractivity (Wildman–Crippen MR) is 106 cm³/mol. The van der Waals surface area contributed by atoms with Gasteiger partial charge in [-0.15, -0.1) is 0 Å². The maximum absolute atomic E-state index is 12.5. The molecule has 1 saturated heterocycles. The van der Waals surface area contributed by atoms with Crippen molar-refractivity contribution >= 4 is 5.91 Å². The number of hydrogen-bond donors (Lipinski definition) is 1. The fraction of sp³-hybridized carbons (Fsp3) is 0.591. The molecule has 0 aromatic heterocycles. The van der Waals surface area contributed by atoms with Crippen molar-refractivity contribution in [3.8, 4) is 0 Å². The van der Waals surface area contributed by atoms with Crippen molar-refractivity contribution in [2.24, 2.45) is 5.92 Å². The zero-order valence-electron chi connectivity index (χ0n) is 16.8. The van der Waals surface area contributed by atoms with Crippen LogP contribution in [0.15, 0.2) is 35.8 Å². The second-order valence-corrected chi connectivity index (χ2v) is 8.04. The molecule has 148 valence electrons. The third-order valence-corrected chi connectivity index (χ3v) is 5.09. The van der Waals surface area contributed by atoms with Gasteiger partial charge in [0.1, 0.15) is 19.0 Å². The zero-order chi connectivity index (χ0) is 19.2. The summed E-state index contributed by atoms with van der Waals surface area (Å²) in [5.41, 5.74) is 2.73. The fourth-order valence-electron chi connectivity index (χ4n) is 3.81. The van der Waals surface area contributed by atoms with Crippen LogP contribution in [0.2, 0.25) is 0 Å². The van der Waals surface area contributed by atoms with E-state index in [0.717, 1.165) is 38.9 Å². The molecule has 2 aliphatic heterocycles. The minimum atomic E-state index is -0.155. The topological polar surface area (TPSA) is 50.8 Å². The number of hydrogen-bond acceptors (Lipinski definition) is 4. The highest BCUT2D eigenvalue weighted by Crippen LogP contribution is 2.17. The molecule has 1 aromatic rings. The summed E-state index contributed by atoms with van der Waals surface area (Å²) in [6, 6.07) is 9.11. The smallest absolute Gasteiger partial charge is 0.290 e. The van der Waals surface area contributed by atoms with Gasteiger partial charge in [-0.05, 0) is 49.8 Å². The van der Waals surface area contributed by atoms with Gasteiger partial charge < -0.3 is 14.8 Å². The number of amides is 1. The van der Waals surface area contributed by atoms with Gasteiger partial charge in [0.05, 0.1) is 0 Å². The molecule has 2 aliphatic rings. The number of rotatable bonds is 6. The normalized spacial score (nSPS) is 21.0. The minimum Gasteiger partial charge on any atom is -0.491 e. The molecule has 1 amide bonds. The number of nitrogens with one attached hydrogen (secondary N) is 1. The van der Waals surface area contributed by atoms with E-state index in [4.69, 9.17) is 9.47 Å². The summed E-state index contributed by atoms with van der Waals surface area (Å²) in [5.74, 6) is 1.43. The van der Waals surface area contributed by atoms with Crippen LogP contribution in [0.1, 0.15) is 44.7 Å². The Morgan fingerprint density at radius 1 is 1.19 bits per heavy atom. The van der Waals surface area contributed by atoms with Gasteiger partial charge in [0.2, 0.25) is 5.76 Å². The molecule has 1 fully saturated rings. The SMILES string of the molecule is CC1=C(C(=O)NC2CCCN(Cc3ccc(CC(C)C)cc3)C2)OCCO1. The maximum Gasteiger partial charge on any atom is 0.290 e. The average molecular weight is 373 g/mol. The molecule has 1 aromatic carbocycles. The van der Waals surface area contributed by atoms with Crippen LogP contribution in [-0.2, 0) is 27.2 Å². The zero-order valence-corrected chi connectivity index (χ0v) is 16.8. The summed E-state index contributed by atoms with van der Waals surface area (Å²) >= 11 is 0. The number of benzene rings is 1. The van der Waals surface area contributed by atoms with Gasteiger partial charge in [-0.3, -0.25) is 9.69 Å². The summed E-state index contributed by atoms with van der Waals surface area (Å²) in [6.45, 7) is 10.1. The lowest BCUT2D eigenvalue weighted by Gasteiger charge is -2.33. The van der Waals surface area contributed by atoms with Crippen LogP contribution in [0.5, 0.6) is 0 Å². The Hall–Kier alpha value is -2.01. The molecule has 1 atom stereocenters. The number of piperidine rings is 1. The van der Waals surface area contributed by atoms with Crippen LogP contribution in [0.4, 0.5) is 0 Å². The molecule has 0 spiro atoms. The first-order valence-electron chi connectivity index (χ1n) is 10.1. The van der Waals surface area contributed by atoms with Gasteiger partial charge in [-0.1, -0.05) is 38.1 Å². The molecule has 0 saturated carbocycles. The van der Waals surface area contributed by atoms with Crippen molar-refractivity contribution in [1.29, 1.82) is 0 Å². The lowest BCUT2D eigenvalue weighted by molar-refractivity contribution is -0.123. The minimum absolute atomic E-state index is 0.150. The molecular weight excluding hydrogens is 340 g/mol. The Morgan fingerprint density at radius 2 is 1.89 bits per heavy atom. The standard InChI is InChI=1S/C22H32N2O3/c1-16(2)13-18-6-8-19(9-7-18)14-24-10-4-5-20(15-24)23-22(25)21-17(3)26-11-12-27-21/h6-9,16,20H,4-5,10-15H2,1-3H3,(H,23,25). The quantitative estimate of drug-likeness (QED) is 0.833. The van der Waals surface area contributed by atoms with E-state index in [1.807, 2.05) is 0 Å². The van der Waals surface area contributed by atoms with Crippen molar-refractivity contribution in [3.05, 3.63) is 46.9 Å². The van der Waals surface area contributed by atoms with E-state index in [9.17, 15) is 4.79 Å². The summed E-state index contributed by atoms with van der Waals surface area (Å²) in [7, 11) is 0. The molecule has 0 aliphatic carbocycles. The summed E-state index contributed by atoms with van der Waals surface area (Å²) < 4.78 is 10.9. The van der Waals surface area contributed by atoms with E-state index >= 15 is 0 Å². The molecule has 5 nitrogen and oxygen atoms in total. The van der Waals surface area contributed by atoms with Crippen LogP contribution in [0, 0.1) is 5.92 Å². The second kappa shape index (κ2) is 9.27. The van der Waals surface area contributed by atoms with Gasteiger partial charge in [0.25, 0.3) is 5.91 Å². The van der Waals surface area contributed by atoms with Gasteiger partial charge >= 0.3 is 0 Å². The van der Waals surface area contributed by atoms with E-state index in [1.54, 1.807) is 6.92 Å². The molecule has 5 heteroatoms. The van der Waals surface area contributed by atoms with Crippen molar-refractivity contribution in [3.63, 3.8) is 0 Å². The van der Waals surface area contributed by atoms with E-state index in [0.29, 0.717) is 30.6 Å². The molecule has 1 N–H and O–H groups in total. The lowest BCUT2D eigenvalue weighted by Crippen LogP contribution is -2.48. The first-order valence-corrected chi connectivity index (χ1v) is 10.1. The predicted octanol–water partition coefficient (Wildman–Crippen LogP) is 3.24. The lowest BCUT2D eigenvalue weighted by atomic mass is 10.0. The van der Waals surface area contributed by atoms with Crippen LogP contribution in [0.25, 0.3) is 0 Å². The summed E-state index contributed by atoms with van der Waals surface area (Å²) in [6.07, 6.45) is 3.22. The van der Waals surface area contributed by atoms with E-state index in [2.05, 4.69) is 48.3 Å². The summed E-state index contributed by atoms with van der Waals surface area (Å²) in [4.78, 5) is 14.9. The Kier molecular flexibility index (Phi) is 6.78. The molecule has 3 rings (SSSR count). The van der Waals surface area contributed by atoms with Crippen molar-refractivity contribution < 1.29 is 14.3 Å². The molecule has 0 radical (unpaired) electrons. The molecule has 1 unspecified atom stereocenters. The average Bonchev–Trinajstić information content (AvgIpc) is 2.63. The molecular formula is C22H32N2O3. The first-order chi connectivity index (χ1) is 13.0.